The molecule has 0 saturated heterocycles. The van der Waals surface area contributed by atoms with E-state index in [9.17, 15) is 9.59 Å². The molecule has 0 radical (unpaired) electrons. The summed E-state index contributed by atoms with van der Waals surface area (Å²) < 4.78 is 6.42. The molecule has 0 atom stereocenters. The minimum Gasteiger partial charge on any atom is -0.495 e. The van der Waals surface area contributed by atoms with Crippen LogP contribution in [0.4, 0.5) is 0 Å². The van der Waals surface area contributed by atoms with E-state index in [1.807, 2.05) is 30.3 Å². The summed E-state index contributed by atoms with van der Waals surface area (Å²) in [6.07, 6.45) is 0.624. The molecular weight excluding hydrogens is 280 g/mol. The van der Waals surface area contributed by atoms with Gasteiger partial charge < -0.3 is 9.72 Å². The second-order valence-corrected chi connectivity index (χ2v) is 5.01. The van der Waals surface area contributed by atoms with E-state index in [1.54, 1.807) is 18.2 Å². The molecule has 1 aromatic heterocycles. The summed E-state index contributed by atoms with van der Waals surface area (Å²) >= 11 is 0. The van der Waals surface area contributed by atoms with E-state index < -0.39 is 5.69 Å². The zero-order valence-corrected chi connectivity index (χ0v) is 12.2. The number of aryl methyl sites for hydroxylation is 1. The van der Waals surface area contributed by atoms with Crippen LogP contribution < -0.4 is 16.0 Å². The molecule has 1 N–H and O–H groups in total. The van der Waals surface area contributed by atoms with Gasteiger partial charge in [-0.1, -0.05) is 36.4 Å². The Labute approximate surface area is 126 Å². The highest BCUT2D eigenvalue weighted by Crippen LogP contribution is 2.19. The van der Waals surface area contributed by atoms with Gasteiger partial charge in [0.25, 0.3) is 5.56 Å². The molecule has 0 saturated carbocycles. The molecule has 0 spiro atoms. The number of aromatic nitrogens is 2. The van der Waals surface area contributed by atoms with Crippen molar-refractivity contribution in [3.05, 3.63) is 74.9 Å². The molecule has 3 rings (SSSR count). The number of hydrogen-bond donors (Lipinski definition) is 1. The maximum Gasteiger partial charge on any atom is 0.328 e. The summed E-state index contributed by atoms with van der Waals surface area (Å²) in [6, 6.07) is 14.9. The number of methoxy groups -OCH3 is 1. The summed E-state index contributed by atoms with van der Waals surface area (Å²) in [7, 11) is 1.51. The smallest absolute Gasteiger partial charge is 0.328 e. The SMILES string of the molecule is COc1cccc2c(=O)n(CCc3ccccc3)c(=O)[nH]c12. The van der Waals surface area contributed by atoms with Gasteiger partial charge in [-0.15, -0.1) is 0 Å². The van der Waals surface area contributed by atoms with E-state index in [-0.39, 0.29) is 5.56 Å². The van der Waals surface area contributed by atoms with Crippen LogP contribution >= 0.6 is 0 Å². The summed E-state index contributed by atoms with van der Waals surface area (Å²) in [5.41, 5.74) is 0.807. The number of hydrogen-bond acceptors (Lipinski definition) is 3. The van der Waals surface area contributed by atoms with E-state index in [0.717, 1.165) is 5.56 Å². The highest BCUT2D eigenvalue weighted by atomic mass is 16.5. The van der Waals surface area contributed by atoms with Crippen LogP contribution in [0, 0.1) is 0 Å². The van der Waals surface area contributed by atoms with E-state index in [1.165, 1.54) is 11.7 Å². The molecule has 5 nitrogen and oxygen atoms in total. The third-order valence-electron chi connectivity index (χ3n) is 3.67. The van der Waals surface area contributed by atoms with Crippen molar-refractivity contribution in [2.24, 2.45) is 0 Å². The zero-order valence-electron chi connectivity index (χ0n) is 12.2. The average molecular weight is 296 g/mol. The van der Waals surface area contributed by atoms with Gasteiger partial charge in [0.15, 0.2) is 0 Å². The topological polar surface area (TPSA) is 64.1 Å². The Kier molecular flexibility index (Phi) is 3.78. The van der Waals surface area contributed by atoms with Crippen molar-refractivity contribution < 1.29 is 4.74 Å². The summed E-state index contributed by atoms with van der Waals surface area (Å²) in [6.45, 7) is 0.339. The Morgan fingerprint density at radius 2 is 1.82 bits per heavy atom. The van der Waals surface area contributed by atoms with Gasteiger partial charge in [-0.25, -0.2) is 4.79 Å². The minimum absolute atomic E-state index is 0.298. The Morgan fingerprint density at radius 3 is 2.55 bits per heavy atom. The van der Waals surface area contributed by atoms with Gasteiger partial charge >= 0.3 is 5.69 Å². The monoisotopic (exact) mass is 296 g/mol. The molecule has 112 valence electrons. The molecule has 5 heteroatoms. The molecule has 0 aliphatic rings. The second kappa shape index (κ2) is 5.89. The van der Waals surface area contributed by atoms with Gasteiger partial charge in [-0.2, -0.15) is 0 Å². The van der Waals surface area contributed by atoms with Crippen molar-refractivity contribution in [1.82, 2.24) is 9.55 Å². The summed E-state index contributed by atoms with van der Waals surface area (Å²) in [5, 5.41) is 0.451. The Morgan fingerprint density at radius 1 is 1.05 bits per heavy atom. The molecular formula is C17H16N2O3. The number of rotatable bonds is 4. The van der Waals surface area contributed by atoms with Gasteiger partial charge in [-0.05, 0) is 24.1 Å². The van der Waals surface area contributed by atoms with E-state index >= 15 is 0 Å². The third kappa shape index (κ3) is 2.53. The largest absolute Gasteiger partial charge is 0.495 e. The zero-order chi connectivity index (χ0) is 15.5. The summed E-state index contributed by atoms with van der Waals surface area (Å²) in [5.74, 6) is 0.488. The van der Waals surface area contributed by atoms with Crippen LogP contribution in [0.2, 0.25) is 0 Å². The van der Waals surface area contributed by atoms with Crippen LogP contribution in [0.1, 0.15) is 5.56 Å². The summed E-state index contributed by atoms with van der Waals surface area (Å²) in [4.78, 5) is 27.5. The second-order valence-electron chi connectivity index (χ2n) is 5.01. The predicted octanol–water partition coefficient (Wildman–Crippen LogP) is 1.94. The maximum atomic E-state index is 12.5. The number of benzene rings is 2. The quantitative estimate of drug-likeness (QED) is 0.800. The van der Waals surface area contributed by atoms with Crippen LogP contribution in [0.3, 0.4) is 0 Å². The third-order valence-corrected chi connectivity index (χ3v) is 3.67. The molecule has 3 aromatic rings. The van der Waals surface area contributed by atoms with E-state index in [4.69, 9.17) is 4.74 Å². The highest BCUT2D eigenvalue weighted by Gasteiger charge is 2.10. The van der Waals surface area contributed by atoms with Gasteiger partial charge in [0.2, 0.25) is 0 Å². The molecule has 0 unspecified atom stereocenters. The predicted molar refractivity (Wildman–Crippen MR) is 85.5 cm³/mol. The van der Waals surface area contributed by atoms with Crippen molar-refractivity contribution in [3.63, 3.8) is 0 Å². The van der Waals surface area contributed by atoms with Crippen LogP contribution in [-0.4, -0.2) is 16.7 Å². The average Bonchev–Trinajstić information content (AvgIpc) is 2.55. The lowest BCUT2D eigenvalue weighted by Gasteiger charge is -2.08. The maximum absolute atomic E-state index is 12.5. The first-order valence-corrected chi connectivity index (χ1v) is 7.04. The molecule has 0 aliphatic carbocycles. The van der Waals surface area contributed by atoms with Crippen molar-refractivity contribution in [3.8, 4) is 5.75 Å². The molecule has 1 heterocycles. The lowest BCUT2D eigenvalue weighted by atomic mass is 10.1. The first kappa shape index (κ1) is 14.1. The van der Waals surface area contributed by atoms with Crippen molar-refractivity contribution in [1.29, 1.82) is 0 Å². The number of nitrogens with one attached hydrogen (secondary N) is 1. The van der Waals surface area contributed by atoms with Crippen LogP contribution in [0.5, 0.6) is 5.75 Å². The number of aromatic amines is 1. The molecule has 0 aliphatic heterocycles. The number of nitrogens with zero attached hydrogens (tertiary/aromatic N) is 1. The molecule has 2 aromatic carbocycles. The van der Waals surface area contributed by atoms with Gasteiger partial charge in [0, 0.05) is 6.54 Å². The Balaban J connectivity index is 2.04. The Bertz CT molecular complexity index is 911. The number of para-hydroxylation sites is 1. The first-order chi connectivity index (χ1) is 10.7. The van der Waals surface area contributed by atoms with Crippen molar-refractivity contribution in [2.45, 2.75) is 13.0 Å². The van der Waals surface area contributed by atoms with Gasteiger partial charge in [-0.3, -0.25) is 9.36 Å². The standard InChI is InChI=1S/C17H16N2O3/c1-22-14-9-5-8-13-15(14)18-17(21)19(16(13)20)11-10-12-6-3-2-4-7-12/h2-9H,10-11H2,1H3,(H,18,21). The molecule has 0 amide bonds. The normalized spacial score (nSPS) is 10.8. The van der Waals surface area contributed by atoms with Gasteiger partial charge in [0.05, 0.1) is 18.0 Å². The Hall–Kier alpha value is -2.82. The van der Waals surface area contributed by atoms with Gasteiger partial charge in [0.1, 0.15) is 5.75 Å². The van der Waals surface area contributed by atoms with Crippen molar-refractivity contribution >= 4 is 10.9 Å². The van der Waals surface area contributed by atoms with Crippen molar-refractivity contribution in [2.75, 3.05) is 7.11 Å². The fraction of sp³-hybridized carbons (Fsp3) is 0.176. The molecule has 0 bridgehead atoms. The number of H-pyrrole nitrogens is 1. The minimum atomic E-state index is -0.419. The fourth-order valence-corrected chi connectivity index (χ4v) is 2.51. The van der Waals surface area contributed by atoms with E-state index in [0.29, 0.717) is 29.6 Å². The number of ether oxygens (including phenoxy) is 1. The van der Waals surface area contributed by atoms with Crippen LogP contribution in [-0.2, 0) is 13.0 Å². The lowest BCUT2D eigenvalue weighted by Crippen LogP contribution is -2.35. The first-order valence-electron chi connectivity index (χ1n) is 7.04. The molecule has 22 heavy (non-hydrogen) atoms. The van der Waals surface area contributed by atoms with E-state index in [2.05, 4.69) is 4.98 Å². The van der Waals surface area contributed by atoms with Crippen LogP contribution in [0.25, 0.3) is 10.9 Å². The van der Waals surface area contributed by atoms with Crippen LogP contribution in [0.15, 0.2) is 58.1 Å². The lowest BCUT2D eigenvalue weighted by molar-refractivity contribution is 0.418. The molecule has 0 fully saturated rings. The fourth-order valence-electron chi connectivity index (χ4n) is 2.51. The number of fused-ring (bicyclic) bond motifs is 1. The highest BCUT2D eigenvalue weighted by molar-refractivity contribution is 5.83.